The Morgan fingerprint density at radius 2 is 0.820 bits per heavy atom. The molecule has 4 heteroatoms. The second kappa shape index (κ2) is 9.85. The van der Waals surface area contributed by atoms with Crippen LogP contribution in [0.3, 0.4) is 0 Å². The van der Waals surface area contributed by atoms with Crippen LogP contribution in [-0.4, -0.2) is 13.4 Å². The van der Waals surface area contributed by atoms with Crippen LogP contribution in [0.25, 0.3) is 11.1 Å². The molecule has 0 aromatic heterocycles. The first-order valence-corrected chi connectivity index (χ1v) is 18.1. The molecule has 0 saturated heterocycles. The molecule has 0 fully saturated rings. The lowest BCUT2D eigenvalue weighted by atomic mass is 9.30. The average molecular weight is 646 g/mol. The highest BCUT2D eigenvalue weighted by Gasteiger charge is 2.47. The van der Waals surface area contributed by atoms with E-state index in [0.29, 0.717) is 0 Å². The van der Waals surface area contributed by atoms with Crippen molar-refractivity contribution >= 4 is 46.2 Å². The van der Waals surface area contributed by atoms with Gasteiger partial charge in [0.15, 0.2) is 0 Å². The molecule has 0 spiro atoms. The van der Waals surface area contributed by atoms with E-state index in [1.54, 1.807) is 0 Å². The first-order chi connectivity index (χ1) is 23.9. The third kappa shape index (κ3) is 3.83. The molecule has 10 rings (SSSR count). The fourth-order valence-corrected chi connectivity index (χ4v) is 10.3. The van der Waals surface area contributed by atoms with E-state index in [2.05, 4.69) is 152 Å². The van der Waals surface area contributed by atoms with E-state index in [1.165, 1.54) is 88.4 Å². The van der Waals surface area contributed by atoms with Gasteiger partial charge in [0.2, 0.25) is 0 Å². The maximum absolute atomic E-state index is 6.59. The molecule has 0 saturated carbocycles. The summed E-state index contributed by atoms with van der Waals surface area (Å²) in [4.78, 5) is 0. The largest absolute Gasteiger partial charge is 0.458 e. The molecule has 0 bridgehead atoms. The molecule has 6 aromatic rings. The zero-order valence-electron chi connectivity index (χ0n) is 30.2. The van der Waals surface area contributed by atoms with Crippen molar-refractivity contribution in [2.24, 2.45) is 0 Å². The third-order valence-electron chi connectivity index (χ3n) is 12.5. The summed E-state index contributed by atoms with van der Waals surface area (Å²) in [7, 11) is 0. The van der Waals surface area contributed by atoms with Crippen molar-refractivity contribution in [1.82, 2.24) is 0 Å². The van der Waals surface area contributed by atoms with Gasteiger partial charge in [-0.2, -0.15) is 0 Å². The molecule has 0 amide bonds. The van der Waals surface area contributed by atoms with Gasteiger partial charge in [0, 0.05) is 10.8 Å². The van der Waals surface area contributed by atoms with Gasteiger partial charge in [-0.15, -0.1) is 0 Å². The van der Waals surface area contributed by atoms with Crippen molar-refractivity contribution in [3.05, 3.63) is 142 Å². The minimum atomic E-state index is -0.189. The number of aryl methyl sites for hydroxylation is 4. The molecular formula is C46H40B2O2. The van der Waals surface area contributed by atoms with Gasteiger partial charge < -0.3 is 9.47 Å². The minimum absolute atomic E-state index is 0.147. The first-order valence-electron chi connectivity index (χ1n) is 18.1. The summed E-state index contributed by atoms with van der Waals surface area (Å²) in [5.74, 6) is 3.93. The second-order valence-corrected chi connectivity index (χ2v) is 16.3. The number of rotatable bonds is 1. The Labute approximate surface area is 296 Å². The number of benzene rings is 6. The first kappa shape index (κ1) is 29.9. The van der Waals surface area contributed by atoms with Gasteiger partial charge in [0.25, 0.3) is 13.4 Å². The van der Waals surface area contributed by atoms with Crippen molar-refractivity contribution in [1.29, 1.82) is 0 Å². The van der Waals surface area contributed by atoms with Gasteiger partial charge in [-0.25, -0.2) is 0 Å². The van der Waals surface area contributed by atoms with E-state index in [9.17, 15) is 0 Å². The number of fused-ring (bicyclic) bond motifs is 8. The highest BCUT2D eigenvalue weighted by molar-refractivity contribution is 6.98. The quantitative estimate of drug-likeness (QED) is 0.177. The average Bonchev–Trinajstić information content (AvgIpc) is 3.09. The third-order valence-corrected chi connectivity index (χ3v) is 12.5. The monoisotopic (exact) mass is 646 g/mol. The predicted octanol–water partition coefficient (Wildman–Crippen LogP) is 7.11. The lowest BCUT2D eigenvalue weighted by molar-refractivity contribution is 0.484. The Bertz CT molecular complexity index is 2330. The van der Waals surface area contributed by atoms with Crippen LogP contribution in [0.15, 0.2) is 97.1 Å². The Balaban J connectivity index is 1.17. The summed E-state index contributed by atoms with van der Waals surface area (Å²) in [6.45, 7) is 18.8. The van der Waals surface area contributed by atoms with Gasteiger partial charge in [0.05, 0.1) is 0 Å². The van der Waals surface area contributed by atoms with Gasteiger partial charge in [-0.3, -0.25) is 0 Å². The number of hydrogen-bond acceptors (Lipinski definition) is 2. The molecule has 0 radical (unpaired) electrons. The Morgan fingerprint density at radius 3 is 1.24 bits per heavy atom. The summed E-state index contributed by atoms with van der Waals surface area (Å²) in [6.07, 6.45) is 0. The minimum Gasteiger partial charge on any atom is -0.458 e. The van der Waals surface area contributed by atoms with Crippen LogP contribution in [0.5, 0.6) is 23.0 Å². The van der Waals surface area contributed by atoms with E-state index < -0.39 is 0 Å². The summed E-state index contributed by atoms with van der Waals surface area (Å²) in [5.41, 5.74) is 20.9. The topological polar surface area (TPSA) is 18.5 Å². The zero-order valence-corrected chi connectivity index (χ0v) is 30.2. The van der Waals surface area contributed by atoms with Crippen molar-refractivity contribution in [2.45, 2.75) is 66.2 Å². The Kier molecular flexibility index (Phi) is 5.89. The smallest absolute Gasteiger partial charge is 0.251 e. The molecule has 4 aliphatic heterocycles. The van der Waals surface area contributed by atoms with E-state index >= 15 is 0 Å². The SMILES string of the molecule is Cc1ccc2c(c1)B1c3ccc(-c4ccc5c(c4)C(C)(C)c4c(C)ccc6c4B5c4cc(C)ccc4O6)cc3C(C)(C)c3c(C)ccc(c31)O2. The molecule has 2 nitrogen and oxygen atoms in total. The fourth-order valence-electron chi connectivity index (χ4n) is 10.3. The number of ether oxygens (including phenoxy) is 2. The summed E-state index contributed by atoms with van der Waals surface area (Å²) >= 11 is 0. The van der Waals surface area contributed by atoms with Gasteiger partial charge in [0.1, 0.15) is 23.0 Å². The number of hydrogen-bond donors (Lipinski definition) is 0. The fraction of sp³-hybridized carbons (Fsp3) is 0.217. The molecule has 0 aliphatic carbocycles. The van der Waals surface area contributed by atoms with Gasteiger partial charge in [-0.1, -0.05) is 123 Å². The van der Waals surface area contributed by atoms with Crippen LogP contribution < -0.4 is 42.3 Å². The summed E-state index contributed by atoms with van der Waals surface area (Å²) < 4.78 is 13.2. The molecule has 0 N–H and O–H groups in total. The Hall–Kier alpha value is -4.95. The van der Waals surface area contributed by atoms with Crippen LogP contribution >= 0.6 is 0 Å². The molecule has 6 aromatic carbocycles. The summed E-state index contributed by atoms with van der Waals surface area (Å²) in [6, 6.07) is 36.7. The van der Waals surface area contributed by atoms with Crippen molar-refractivity contribution in [3.8, 4) is 34.1 Å². The highest BCUT2D eigenvalue weighted by Crippen LogP contribution is 2.44. The molecule has 242 valence electrons. The lowest BCUT2D eigenvalue weighted by Crippen LogP contribution is -2.63. The maximum Gasteiger partial charge on any atom is 0.251 e. The van der Waals surface area contributed by atoms with Crippen LogP contribution in [0.1, 0.15) is 72.2 Å². The zero-order chi connectivity index (χ0) is 34.4. The molecule has 0 atom stereocenters. The van der Waals surface area contributed by atoms with Crippen molar-refractivity contribution in [2.75, 3.05) is 0 Å². The lowest BCUT2D eigenvalue weighted by Gasteiger charge is -2.43. The maximum atomic E-state index is 6.59. The van der Waals surface area contributed by atoms with Crippen LogP contribution in [-0.2, 0) is 10.8 Å². The van der Waals surface area contributed by atoms with E-state index in [4.69, 9.17) is 9.47 Å². The molecule has 4 heterocycles. The van der Waals surface area contributed by atoms with Crippen molar-refractivity contribution < 1.29 is 9.47 Å². The highest BCUT2D eigenvalue weighted by atomic mass is 16.5. The van der Waals surface area contributed by atoms with Gasteiger partial charge in [-0.05, 0) is 118 Å². The van der Waals surface area contributed by atoms with E-state index in [0.717, 1.165) is 23.0 Å². The Morgan fingerprint density at radius 1 is 0.420 bits per heavy atom. The van der Waals surface area contributed by atoms with E-state index in [-0.39, 0.29) is 24.3 Å². The molecule has 50 heavy (non-hydrogen) atoms. The van der Waals surface area contributed by atoms with Crippen LogP contribution in [0, 0.1) is 27.7 Å². The van der Waals surface area contributed by atoms with Crippen LogP contribution in [0.2, 0.25) is 0 Å². The predicted molar refractivity (Wildman–Crippen MR) is 210 cm³/mol. The molecule has 4 aliphatic rings. The standard InChI is InChI=1S/C46H40B2O2/c1-25-9-17-37-35(21-25)47-33-15-13-29(23-31(33)45(5,6)41-27(3)11-19-39(49-37)43(41)47)30-14-16-34-32(24-30)46(7,8)42-28(4)12-20-40-44(42)48(34)36-22-26(2)10-18-38(36)50-40/h9-24H,1-8H3. The van der Waals surface area contributed by atoms with Crippen LogP contribution in [0.4, 0.5) is 0 Å². The molecule has 0 unspecified atom stereocenters. The normalized spacial score (nSPS) is 16.2. The summed E-state index contributed by atoms with van der Waals surface area (Å²) in [5, 5.41) is 0. The van der Waals surface area contributed by atoms with Gasteiger partial charge >= 0.3 is 0 Å². The van der Waals surface area contributed by atoms with E-state index in [1.807, 2.05) is 0 Å². The molecular weight excluding hydrogens is 606 g/mol. The van der Waals surface area contributed by atoms with Crippen molar-refractivity contribution in [3.63, 3.8) is 0 Å². The second-order valence-electron chi connectivity index (χ2n) is 16.3.